The van der Waals surface area contributed by atoms with E-state index >= 15 is 0 Å². The number of nitrogens with zero attached hydrogens (tertiary/aromatic N) is 9. The van der Waals surface area contributed by atoms with Crippen LogP contribution in [-0.2, 0) is 0 Å². The van der Waals surface area contributed by atoms with Crippen molar-refractivity contribution in [1.29, 1.82) is 0 Å². The molecule has 0 aliphatic carbocycles. The summed E-state index contributed by atoms with van der Waals surface area (Å²) < 4.78 is 6.88. The summed E-state index contributed by atoms with van der Waals surface area (Å²) in [4.78, 5) is 30.9. The third-order valence-corrected chi connectivity index (χ3v) is 25.7. The van der Waals surface area contributed by atoms with Crippen molar-refractivity contribution < 1.29 is 0 Å². The molecule has 19 aromatic carbocycles. The Kier molecular flexibility index (Phi) is 15.6. The molecular weight excluding hydrogens is 1520 g/mol. The van der Waals surface area contributed by atoms with Gasteiger partial charge in [-0.2, -0.15) is 0 Å². The van der Waals surface area contributed by atoms with Gasteiger partial charge in [0.15, 0.2) is 0 Å². The van der Waals surface area contributed by atoms with Crippen LogP contribution in [0.25, 0.3) is 258 Å². The van der Waals surface area contributed by atoms with Crippen LogP contribution in [0.1, 0.15) is 0 Å². The Morgan fingerprint density at radius 2 is 0.424 bits per heavy atom. The van der Waals surface area contributed by atoms with Crippen LogP contribution in [0.2, 0.25) is 0 Å². The van der Waals surface area contributed by atoms with Gasteiger partial charge in [-0.25, -0.2) is 29.9 Å². The minimum absolute atomic E-state index is 0.941. The van der Waals surface area contributed by atoms with E-state index in [0.717, 1.165) is 154 Å². The zero-order valence-electron chi connectivity index (χ0n) is 67.4. The number of para-hydroxylation sites is 9. The van der Waals surface area contributed by atoms with E-state index in [1.165, 1.54) is 104 Å². The highest BCUT2D eigenvalue weighted by atomic mass is 15.0. The van der Waals surface area contributed by atoms with E-state index in [2.05, 4.69) is 426 Å². The van der Waals surface area contributed by atoms with Gasteiger partial charge in [-0.05, 0) is 231 Å². The van der Waals surface area contributed by atoms with Crippen LogP contribution >= 0.6 is 0 Å². The number of pyridine rings is 6. The molecule has 0 amide bonds. The first-order chi connectivity index (χ1) is 61.9. The molecule has 28 rings (SSSR count). The number of benzene rings is 19. The molecule has 0 fully saturated rings. The highest BCUT2D eigenvalue weighted by Gasteiger charge is 2.23. The van der Waals surface area contributed by atoms with Gasteiger partial charge in [0, 0.05) is 48.5 Å². The molecule has 0 radical (unpaired) electrons. The number of rotatable bonds is 5. The summed E-state index contributed by atoms with van der Waals surface area (Å²) in [6, 6.07) is 150. The predicted molar refractivity (Wildman–Crippen MR) is 524 cm³/mol. The molecule has 0 bridgehead atoms. The first kappa shape index (κ1) is 70.0. The summed E-state index contributed by atoms with van der Waals surface area (Å²) in [7, 11) is 0. The molecule has 28 aromatic rings. The molecule has 9 aromatic heterocycles. The molecule has 0 unspecified atom stereocenters. The molecular formula is C116H69N9. The van der Waals surface area contributed by atoms with Gasteiger partial charge in [0.05, 0.1) is 82.8 Å². The van der Waals surface area contributed by atoms with Crippen LogP contribution in [0.5, 0.6) is 0 Å². The summed E-state index contributed by atoms with van der Waals surface area (Å²) in [6.45, 7) is 0. The second-order valence-electron chi connectivity index (χ2n) is 32.8. The van der Waals surface area contributed by atoms with Crippen molar-refractivity contribution >= 4 is 202 Å². The highest BCUT2D eigenvalue weighted by molar-refractivity contribution is 6.21. The van der Waals surface area contributed by atoms with E-state index in [1.807, 2.05) is 6.07 Å². The van der Waals surface area contributed by atoms with Crippen molar-refractivity contribution in [1.82, 2.24) is 43.1 Å². The Bertz CT molecular complexity index is 9450. The van der Waals surface area contributed by atoms with E-state index in [1.54, 1.807) is 0 Å². The molecule has 9 heteroatoms. The lowest BCUT2D eigenvalue weighted by molar-refractivity contribution is 1.31. The van der Waals surface area contributed by atoms with Crippen LogP contribution in [0.3, 0.4) is 0 Å². The van der Waals surface area contributed by atoms with Crippen LogP contribution < -0.4 is 0 Å². The van der Waals surface area contributed by atoms with E-state index in [0.29, 0.717) is 0 Å². The number of fused-ring (bicyclic) bond motifs is 34. The van der Waals surface area contributed by atoms with Crippen molar-refractivity contribution in [3.63, 3.8) is 0 Å². The van der Waals surface area contributed by atoms with Crippen LogP contribution in [0, 0.1) is 0 Å². The predicted octanol–water partition coefficient (Wildman–Crippen LogP) is 30.1. The van der Waals surface area contributed by atoms with Crippen LogP contribution in [0.4, 0.5) is 0 Å². The minimum Gasteiger partial charge on any atom is -0.292 e. The maximum atomic E-state index is 5.22. The third-order valence-electron chi connectivity index (χ3n) is 25.7. The Balaban J connectivity index is 0.000000100. The molecule has 0 aliphatic rings. The molecule has 0 aliphatic heterocycles. The lowest BCUT2D eigenvalue weighted by Gasteiger charge is -2.14. The van der Waals surface area contributed by atoms with Crippen molar-refractivity contribution in [2.45, 2.75) is 0 Å². The van der Waals surface area contributed by atoms with E-state index in [-0.39, 0.29) is 0 Å². The Morgan fingerprint density at radius 1 is 0.136 bits per heavy atom. The molecule has 0 atom stereocenters. The Hall–Kier alpha value is -16.9. The molecule has 9 heterocycles. The normalized spacial score (nSPS) is 12.0. The average molecular weight is 1590 g/mol. The molecule has 0 spiro atoms. The van der Waals surface area contributed by atoms with Gasteiger partial charge in [0.1, 0.15) is 16.9 Å². The fraction of sp³-hybridized carbons (Fsp3) is 0. The van der Waals surface area contributed by atoms with Gasteiger partial charge in [-0.1, -0.05) is 297 Å². The Labute approximate surface area is 714 Å². The number of aromatic nitrogens is 9. The molecule has 0 saturated heterocycles. The van der Waals surface area contributed by atoms with Crippen LogP contribution in [-0.4, -0.2) is 43.1 Å². The molecule has 0 saturated carbocycles. The van der Waals surface area contributed by atoms with Gasteiger partial charge >= 0.3 is 0 Å². The third kappa shape index (κ3) is 11.2. The lowest BCUT2D eigenvalue weighted by Crippen LogP contribution is -1.95. The van der Waals surface area contributed by atoms with Gasteiger partial charge in [-0.15, -0.1) is 0 Å². The summed E-state index contributed by atoms with van der Waals surface area (Å²) in [5, 5.41) is 22.6. The summed E-state index contributed by atoms with van der Waals surface area (Å²) in [5.74, 6) is 0. The summed E-state index contributed by atoms with van der Waals surface area (Å²) >= 11 is 0. The molecule has 9 nitrogen and oxygen atoms in total. The second kappa shape index (κ2) is 27.9. The maximum absolute atomic E-state index is 5.22. The van der Waals surface area contributed by atoms with E-state index in [4.69, 9.17) is 29.9 Å². The number of hydrogen-bond acceptors (Lipinski definition) is 6. The summed E-state index contributed by atoms with van der Waals surface area (Å²) in [6.07, 6.45) is 0. The standard InChI is InChI=1S/C42H25N3.C38H23N3.C36H21N3/c1-3-11-31-29(9-1)24-34(33-13-5-4-12-32(31)33)27-19-17-26(18-20-27)28-21-22-39-35(23-28)41-36(25-30-10-2-6-14-37(30)43-41)42-44-38-15-7-8-16-40(38)45(39)42;1-3-11-29-25(8-1)10-7-12-30(29)26-18-16-24(17-19-26)27-20-21-35-31(22-27)37-32(23-28-9-2-4-13-33(28)39-37)38-40-34-14-5-6-15-36(34)41(35)38;1-3-11-25-22(9-1)19-28(27-13-5-4-12-26(25)27)23-17-18-33-29(20-23)35-30(21-24-10-2-6-14-31(24)37-35)36-38-32-15-7-8-16-34(32)39(33)36/h1-25H;1-23H;1-21H. The Morgan fingerprint density at radius 3 is 0.840 bits per heavy atom. The smallest absolute Gasteiger partial charge is 0.147 e. The van der Waals surface area contributed by atoms with Crippen molar-refractivity contribution in [3.8, 4) is 55.6 Å². The monoisotopic (exact) mass is 1590 g/mol. The number of imidazole rings is 3. The quantitative estimate of drug-likeness (QED) is 0.126. The van der Waals surface area contributed by atoms with E-state index in [9.17, 15) is 0 Å². The highest BCUT2D eigenvalue weighted by Crippen LogP contribution is 2.44. The van der Waals surface area contributed by atoms with Crippen molar-refractivity contribution in [3.05, 3.63) is 419 Å². The molecule has 0 N–H and O–H groups in total. The first-order valence-electron chi connectivity index (χ1n) is 42.5. The fourth-order valence-corrected chi connectivity index (χ4v) is 19.9. The van der Waals surface area contributed by atoms with Gasteiger partial charge in [-0.3, -0.25) is 13.2 Å². The summed E-state index contributed by atoms with van der Waals surface area (Å²) in [5.41, 5.74) is 30.4. The van der Waals surface area contributed by atoms with Crippen molar-refractivity contribution in [2.24, 2.45) is 0 Å². The molecule has 125 heavy (non-hydrogen) atoms. The van der Waals surface area contributed by atoms with Crippen molar-refractivity contribution in [2.75, 3.05) is 0 Å². The minimum atomic E-state index is 0.941. The zero-order chi connectivity index (χ0) is 81.9. The van der Waals surface area contributed by atoms with Crippen LogP contribution in [0.15, 0.2) is 419 Å². The SMILES string of the molecule is c1ccc2nc3c4cc(-c5cc6ccccc6c6ccccc56)ccc4n4c5ccccc5nc4c3cc2c1.c1ccc2nc3c4cc(-c5ccc(-c6cc7ccccc7c7ccccc67)cc5)ccc4n4c5ccccc5nc4c3cc2c1.c1ccc2nc3c4cc(-c5ccc(-c6cccc7ccccc67)cc5)ccc4n4c5ccccc5nc4c3cc2c1. The second-order valence-corrected chi connectivity index (χ2v) is 32.8. The van der Waals surface area contributed by atoms with E-state index < -0.39 is 0 Å². The molecule has 578 valence electrons. The first-order valence-corrected chi connectivity index (χ1v) is 42.5. The average Bonchev–Trinajstić information content (AvgIpc) is 1.62. The lowest BCUT2D eigenvalue weighted by atomic mass is 9.92. The largest absolute Gasteiger partial charge is 0.292 e. The topological polar surface area (TPSA) is 90.6 Å². The zero-order valence-corrected chi connectivity index (χ0v) is 67.4. The maximum Gasteiger partial charge on any atom is 0.147 e. The van der Waals surface area contributed by atoms with Gasteiger partial charge < -0.3 is 0 Å². The fourth-order valence-electron chi connectivity index (χ4n) is 19.9. The van der Waals surface area contributed by atoms with Gasteiger partial charge in [0.25, 0.3) is 0 Å². The number of hydrogen-bond donors (Lipinski definition) is 0. The van der Waals surface area contributed by atoms with Gasteiger partial charge in [0.2, 0.25) is 0 Å².